The van der Waals surface area contributed by atoms with Gasteiger partial charge in [0.25, 0.3) is 0 Å². The Morgan fingerprint density at radius 3 is 1.45 bits per heavy atom. The van der Waals surface area contributed by atoms with Gasteiger partial charge in [0, 0.05) is 6.92 Å². The number of rotatable bonds is 2. The normalized spacial score (nSPS) is 15.1. The van der Waals surface area contributed by atoms with Crippen LogP contribution in [0.4, 0.5) is 17.6 Å². The van der Waals surface area contributed by atoms with E-state index in [1.54, 1.807) is 0 Å². The Morgan fingerprint density at radius 2 is 1.45 bits per heavy atom. The molecule has 0 aliphatic carbocycles. The van der Waals surface area contributed by atoms with Gasteiger partial charge in [0.2, 0.25) is 0 Å². The van der Waals surface area contributed by atoms with Crippen LogP contribution < -0.4 is 0 Å². The Balaban J connectivity index is 5.08. The molecule has 0 aliphatic rings. The van der Waals surface area contributed by atoms with Crippen molar-refractivity contribution in [2.45, 2.75) is 18.1 Å². The summed E-state index contributed by atoms with van der Waals surface area (Å²) >= 11 is 0. The maximum atomic E-state index is 11.8. The Hall–Kier alpha value is -0.370. The van der Waals surface area contributed by atoms with E-state index in [1.165, 1.54) is 0 Å². The van der Waals surface area contributed by atoms with Crippen molar-refractivity contribution in [2.75, 3.05) is 0 Å². The van der Waals surface area contributed by atoms with Crippen LogP contribution in [-0.4, -0.2) is 24.1 Å². The van der Waals surface area contributed by atoms with Gasteiger partial charge in [0.15, 0.2) is 0 Å². The van der Waals surface area contributed by atoms with Crippen LogP contribution in [0.5, 0.6) is 0 Å². The van der Waals surface area contributed by atoms with Crippen LogP contribution in [0.1, 0.15) is 6.92 Å². The molecule has 0 radical (unpaired) electrons. The Kier molecular flexibility index (Phi) is 2.23. The molecule has 0 saturated heterocycles. The highest BCUT2D eigenvalue weighted by Gasteiger charge is 2.62. The van der Waals surface area contributed by atoms with Crippen molar-refractivity contribution in [1.82, 2.24) is 0 Å². The zero-order valence-electron chi connectivity index (χ0n) is 5.18. The second-order valence-electron chi connectivity index (χ2n) is 1.88. The van der Waals surface area contributed by atoms with E-state index in [0.29, 0.717) is 0 Å². The molecule has 0 fully saturated rings. The Morgan fingerprint density at radius 1 is 1.18 bits per heavy atom. The SMILES string of the molecule is CC(F)(F)C(F)(F)S(=O)(=O)O. The first-order chi connectivity index (χ1) is 4.50. The molecule has 0 aliphatic heterocycles. The molecular weight excluding hydrogens is 192 g/mol. The summed E-state index contributed by atoms with van der Waals surface area (Å²) in [5, 5.41) is -5.43. The summed E-state index contributed by atoms with van der Waals surface area (Å²) in [6.07, 6.45) is 0. The van der Waals surface area contributed by atoms with Crippen LogP contribution in [0.15, 0.2) is 0 Å². The fourth-order valence-corrected chi connectivity index (χ4v) is 0.679. The summed E-state index contributed by atoms with van der Waals surface area (Å²) in [5.41, 5.74) is 0. The molecule has 0 spiro atoms. The molecule has 0 saturated carbocycles. The zero-order valence-corrected chi connectivity index (χ0v) is 6.00. The van der Waals surface area contributed by atoms with Crippen LogP contribution in [0, 0.1) is 0 Å². The van der Waals surface area contributed by atoms with Gasteiger partial charge in [-0.2, -0.15) is 26.0 Å². The molecule has 3 nitrogen and oxygen atoms in total. The van der Waals surface area contributed by atoms with E-state index in [-0.39, 0.29) is 6.92 Å². The molecule has 0 heterocycles. The fraction of sp³-hybridized carbons (Fsp3) is 1.00. The van der Waals surface area contributed by atoms with Crippen molar-refractivity contribution in [3.8, 4) is 0 Å². The number of alkyl halides is 4. The predicted octanol–water partition coefficient (Wildman–Crippen LogP) is 1.12. The highest BCUT2D eigenvalue weighted by Crippen LogP contribution is 2.37. The number of hydrogen-bond donors (Lipinski definition) is 1. The van der Waals surface area contributed by atoms with E-state index in [2.05, 4.69) is 0 Å². The summed E-state index contributed by atoms with van der Waals surface area (Å²) in [7, 11) is -6.04. The van der Waals surface area contributed by atoms with Crippen molar-refractivity contribution >= 4 is 10.1 Å². The average Bonchev–Trinajstić information content (AvgIpc) is 1.58. The number of halogens is 4. The van der Waals surface area contributed by atoms with Gasteiger partial charge in [0.05, 0.1) is 0 Å². The van der Waals surface area contributed by atoms with E-state index < -0.39 is 21.3 Å². The molecule has 11 heavy (non-hydrogen) atoms. The maximum absolute atomic E-state index is 11.8. The first-order valence-electron chi connectivity index (χ1n) is 2.23. The molecule has 8 heteroatoms. The minimum atomic E-state index is -6.04. The molecule has 68 valence electrons. The minimum Gasteiger partial charge on any atom is -0.281 e. The van der Waals surface area contributed by atoms with E-state index in [0.717, 1.165) is 0 Å². The van der Waals surface area contributed by atoms with Crippen molar-refractivity contribution in [3.63, 3.8) is 0 Å². The molecular formula is C3H4F4O3S. The van der Waals surface area contributed by atoms with Crippen molar-refractivity contribution in [1.29, 1.82) is 0 Å². The molecule has 0 unspecified atom stereocenters. The largest absolute Gasteiger partial charge is 0.431 e. The summed E-state index contributed by atoms with van der Waals surface area (Å²) in [5.74, 6) is -4.79. The van der Waals surface area contributed by atoms with Crippen LogP contribution >= 0.6 is 0 Å². The first-order valence-corrected chi connectivity index (χ1v) is 3.67. The first kappa shape index (κ1) is 10.6. The monoisotopic (exact) mass is 196 g/mol. The highest BCUT2D eigenvalue weighted by molar-refractivity contribution is 7.87. The lowest BCUT2D eigenvalue weighted by atomic mass is 10.4. The lowest BCUT2D eigenvalue weighted by molar-refractivity contribution is -0.146. The fourth-order valence-electron chi connectivity index (χ4n) is 0.226. The van der Waals surface area contributed by atoms with Crippen LogP contribution in [0.3, 0.4) is 0 Å². The Labute approximate surface area is 59.8 Å². The van der Waals surface area contributed by atoms with Gasteiger partial charge in [-0.05, 0) is 0 Å². The third-order valence-corrected chi connectivity index (χ3v) is 1.84. The summed E-state index contributed by atoms with van der Waals surface area (Å²) in [6, 6.07) is 0. The van der Waals surface area contributed by atoms with Crippen LogP contribution in [0.2, 0.25) is 0 Å². The van der Waals surface area contributed by atoms with E-state index in [4.69, 9.17) is 4.55 Å². The van der Waals surface area contributed by atoms with Gasteiger partial charge in [-0.3, -0.25) is 4.55 Å². The molecule has 0 rings (SSSR count). The summed E-state index contributed by atoms with van der Waals surface area (Å²) in [6.45, 7) is -0.305. The minimum absolute atomic E-state index is 0.305. The smallest absolute Gasteiger partial charge is 0.281 e. The summed E-state index contributed by atoms with van der Waals surface area (Å²) < 4.78 is 74.0. The molecule has 0 atom stereocenters. The highest BCUT2D eigenvalue weighted by atomic mass is 32.2. The lowest BCUT2D eigenvalue weighted by Crippen LogP contribution is -2.44. The van der Waals surface area contributed by atoms with Crippen molar-refractivity contribution in [2.24, 2.45) is 0 Å². The van der Waals surface area contributed by atoms with E-state index in [1.807, 2.05) is 0 Å². The molecule has 0 amide bonds. The van der Waals surface area contributed by atoms with Crippen molar-refractivity contribution < 1.29 is 30.5 Å². The van der Waals surface area contributed by atoms with Gasteiger partial charge in [-0.15, -0.1) is 0 Å². The van der Waals surface area contributed by atoms with Gasteiger partial charge in [0.1, 0.15) is 0 Å². The van der Waals surface area contributed by atoms with Crippen LogP contribution in [0.25, 0.3) is 0 Å². The predicted molar refractivity (Wildman–Crippen MR) is 27.1 cm³/mol. The van der Waals surface area contributed by atoms with Gasteiger partial charge < -0.3 is 0 Å². The van der Waals surface area contributed by atoms with E-state index in [9.17, 15) is 26.0 Å². The van der Waals surface area contributed by atoms with Gasteiger partial charge in [-0.25, -0.2) is 0 Å². The molecule has 0 aromatic carbocycles. The zero-order chi connectivity index (χ0) is 9.50. The van der Waals surface area contributed by atoms with Gasteiger partial charge >= 0.3 is 21.3 Å². The molecule has 0 aromatic heterocycles. The quantitative estimate of drug-likeness (QED) is 0.531. The molecule has 0 aromatic rings. The number of hydrogen-bond acceptors (Lipinski definition) is 2. The maximum Gasteiger partial charge on any atom is 0.431 e. The average molecular weight is 196 g/mol. The molecule has 0 bridgehead atoms. The van der Waals surface area contributed by atoms with Gasteiger partial charge in [-0.1, -0.05) is 0 Å². The second-order valence-corrected chi connectivity index (χ2v) is 3.34. The topological polar surface area (TPSA) is 54.4 Å². The second kappa shape index (κ2) is 2.31. The third kappa shape index (κ3) is 1.80. The third-order valence-electron chi connectivity index (χ3n) is 0.835. The standard InChI is InChI=1S/C3H4F4O3S/c1-2(4,5)3(6,7)11(8,9)10/h1H3,(H,8,9,10). The van der Waals surface area contributed by atoms with E-state index >= 15 is 0 Å². The molecule has 1 N–H and O–H groups in total. The Bertz CT molecular complexity index is 238. The van der Waals surface area contributed by atoms with Crippen molar-refractivity contribution in [3.05, 3.63) is 0 Å². The summed E-state index contributed by atoms with van der Waals surface area (Å²) in [4.78, 5) is 0. The van der Waals surface area contributed by atoms with Crippen LogP contribution in [-0.2, 0) is 10.1 Å². The lowest BCUT2D eigenvalue weighted by Gasteiger charge is -2.19.